The maximum Gasteiger partial charge on any atom is 0.258 e. The van der Waals surface area contributed by atoms with Crippen LogP contribution in [0.2, 0.25) is 0 Å². The van der Waals surface area contributed by atoms with E-state index in [2.05, 4.69) is 20.1 Å². The average molecular weight is 412 g/mol. The number of rotatable bonds is 6. The summed E-state index contributed by atoms with van der Waals surface area (Å²) >= 11 is 0. The van der Waals surface area contributed by atoms with Crippen molar-refractivity contribution < 1.29 is 14.3 Å². The van der Waals surface area contributed by atoms with Crippen LogP contribution in [0.3, 0.4) is 0 Å². The van der Waals surface area contributed by atoms with Crippen LogP contribution in [0.1, 0.15) is 49.7 Å². The summed E-state index contributed by atoms with van der Waals surface area (Å²) in [7, 11) is 0. The van der Waals surface area contributed by atoms with Crippen LogP contribution >= 0.6 is 0 Å². The van der Waals surface area contributed by atoms with Gasteiger partial charge in [0.2, 0.25) is 5.91 Å². The molecule has 2 aliphatic rings. The van der Waals surface area contributed by atoms with E-state index in [0.717, 1.165) is 43.9 Å². The molecular weight excluding hydrogens is 382 g/mol. The van der Waals surface area contributed by atoms with Crippen molar-refractivity contribution in [1.29, 1.82) is 0 Å². The van der Waals surface area contributed by atoms with Crippen LogP contribution in [0.5, 0.6) is 5.75 Å². The number of amides is 2. The maximum absolute atomic E-state index is 12.7. The number of likely N-dealkylation sites (tertiary alicyclic amines) is 1. The van der Waals surface area contributed by atoms with Gasteiger partial charge in [-0.2, -0.15) is 0 Å². The molecule has 1 atom stereocenters. The van der Waals surface area contributed by atoms with Gasteiger partial charge in [0.15, 0.2) is 6.61 Å². The molecule has 2 aromatic rings. The molecule has 0 saturated carbocycles. The van der Waals surface area contributed by atoms with Gasteiger partial charge >= 0.3 is 0 Å². The van der Waals surface area contributed by atoms with E-state index in [1.165, 1.54) is 12.8 Å². The van der Waals surface area contributed by atoms with E-state index in [4.69, 9.17) is 4.74 Å². The topological polar surface area (TPSA) is 89.3 Å². The summed E-state index contributed by atoms with van der Waals surface area (Å²) in [4.78, 5) is 26.5. The number of hydrogen-bond acceptors (Lipinski definition) is 5. The van der Waals surface area contributed by atoms with Gasteiger partial charge in [-0.25, -0.2) is 0 Å². The molecule has 0 radical (unpaired) electrons. The lowest BCUT2D eigenvalue weighted by atomic mass is 9.97. The summed E-state index contributed by atoms with van der Waals surface area (Å²) in [6.45, 7) is 2.20. The second kappa shape index (κ2) is 9.73. The van der Waals surface area contributed by atoms with E-state index >= 15 is 0 Å². The third kappa shape index (κ3) is 4.98. The van der Waals surface area contributed by atoms with Crippen molar-refractivity contribution in [3.8, 4) is 5.75 Å². The van der Waals surface area contributed by atoms with E-state index < -0.39 is 0 Å². The quantitative estimate of drug-likeness (QED) is 0.784. The van der Waals surface area contributed by atoms with E-state index in [9.17, 15) is 9.59 Å². The monoisotopic (exact) mass is 411 g/mol. The first kappa shape index (κ1) is 20.4. The molecule has 1 aromatic heterocycles. The summed E-state index contributed by atoms with van der Waals surface area (Å²) in [5.41, 5.74) is 0. The highest BCUT2D eigenvalue weighted by molar-refractivity contribution is 5.85. The van der Waals surface area contributed by atoms with Gasteiger partial charge in [0.1, 0.15) is 17.4 Å². The first-order valence-electron chi connectivity index (χ1n) is 10.8. The van der Waals surface area contributed by atoms with E-state index in [1.807, 2.05) is 23.1 Å². The standard InChI is InChI=1S/C22H29N5O3/c28-20(16-30-18-9-3-1-4-10-18)23-14-21(29)26-12-7-8-17(15-26)22-25-24-19-11-5-2-6-13-27(19)22/h1,3-4,9-10,17H,2,5-8,11-16H2,(H,23,28). The van der Waals surface area contributed by atoms with Gasteiger partial charge in [-0.1, -0.05) is 24.6 Å². The van der Waals surface area contributed by atoms with Gasteiger partial charge in [0, 0.05) is 32.0 Å². The molecule has 1 N–H and O–H groups in total. The molecule has 8 heteroatoms. The largest absolute Gasteiger partial charge is 0.484 e. The molecule has 4 rings (SSSR count). The van der Waals surface area contributed by atoms with Crippen molar-refractivity contribution in [3.63, 3.8) is 0 Å². The number of fused-ring (bicyclic) bond motifs is 1. The van der Waals surface area contributed by atoms with E-state index in [0.29, 0.717) is 18.8 Å². The maximum atomic E-state index is 12.7. The average Bonchev–Trinajstić information content (AvgIpc) is 3.05. The Hall–Kier alpha value is -2.90. The van der Waals surface area contributed by atoms with E-state index in [1.54, 1.807) is 12.1 Å². The predicted molar refractivity (Wildman–Crippen MR) is 111 cm³/mol. The Morgan fingerprint density at radius 2 is 1.93 bits per heavy atom. The number of nitrogens with zero attached hydrogens (tertiary/aromatic N) is 4. The first-order chi connectivity index (χ1) is 14.7. The summed E-state index contributed by atoms with van der Waals surface area (Å²) in [5.74, 6) is 2.57. The summed E-state index contributed by atoms with van der Waals surface area (Å²) < 4.78 is 7.69. The van der Waals surface area contributed by atoms with Crippen molar-refractivity contribution in [3.05, 3.63) is 42.0 Å². The van der Waals surface area contributed by atoms with Gasteiger partial charge in [-0.15, -0.1) is 10.2 Å². The minimum Gasteiger partial charge on any atom is -0.484 e. The number of hydrogen-bond donors (Lipinski definition) is 1. The van der Waals surface area contributed by atoms with Gasteiger partial charge in [0.05, 0.1) is 6.54 Å². The Kier molecular flexibility index (Phi) is 6.61. The lowest BCUT2D eigenvalue weighted by Crippen LogP contribution is -2.45. The van der Waals surface area contributed by atoms with Crippen molar-refractivity contribution >= 4 is 11.8 Å². The molecule has 1 fully saturated rings. The molecule has 1 aromatic carbocycles. The van der Waals surface area contributed by atoms with Crippen LogP contribution in [-0.2, 0) is 22.6 Å². The predicted octanol–water partition coefficient (Wildman–Crippen LogP) is 1.91. The van der Waals surface area contributed by atoms with Gasteiger partial charge in [0.25, 0.3) is 5.91 Å². The smallest absolute Gasteiger partial charge is 0.258 e. The number of nitrogens with one attached hydrogen (secondary N) is 1. The number of carbonyl (C=O) groups excluding carboxylic acids is 2. The highest BCUT2D eigenvalue weighted by Crippen LogP contribution is 2.28. The highest BCUT2D eigenvalue weighted by Gasteiger charge is 2.29. The second-order valence-corrected chi connectivity index (χ2v) is 7.99. The van der Waals surface area contributed by atoms with Gasteiger partial charge in [-0.3, -0.25) is 9.59 Å². The zero-order valence-corrected chi connectivity index (χ0v) is 17.3. The molecule has 0 aliphatic carbocycles. The molecule has 3 heterocycles. The third-order valence-corrected chi connectivity index (χ3v) is 5.83. The number of para-hydroxylation sites is 1. The molecule has 30 heavy (non-hydrogen) atoms. The normalized spacial score (nSPS) is 18.9. The van der Waals surface area contributed by atoms with Crippen LogP contribution in [0, 0.1) is 0 Å². The highest BCUT2D eigenvalue weighted by atomic mass is 16.5. The summed E-state index contributed by atoms with van der Waals surface area (Å²) in [6, 6.07) is 9.15. The van der Waals surface area contributed by atoms with Crippen molar-refractivity contribution in [2.75, 3.05) is 26.2 Å². The van der Waals surface area contributed by atoms with Crippen LogP contribution < -0.4 is 10.1 Å². The number of benzene rings is 1. The molecular formula is C22H29N5O3. The first-order valence-corrected chi connectivity index (χ1v) is 10.8. The number of aromatic nitrogens is 3. The van der Waals surface area contributed by atoms with E-state index in [-0.39, 0.29) is 30.9 Å². The molecule has 2 amide bonds. The molecule has 160 valence electrons. The van der Waals surface area contributed by atoms with Crippen LogP contribution in [0.4, 0.5) is 0 Å². The number of piperidine rings is 1. The molecule has 0 bridgehead atoms. The fourth-order valence-corrected chi connectivity index (χ4v) is 4.23. The fourth-order valence-electron chi connectivity index (χ4n) is 4.23. The van der Waals surface area contributed by atoms with Gasteiger partial charge in [-0.05, 0) is 37.8 Å². The minimum absolute atomic E-state index is 0.0123. The summed E-state index contributed by atoms with van der Waals surface area (Å²) in [5, 5.41) is 11.5. The Labute approximate surface area is 176 Å². The molecule has 0 spiro atoms. The second-order valence-electron chi connectivity index (χ2n) is 7.99. The Bertz CT molecular complexity index is 867. The molecule has 2 aliphatic heterocycles. The minimum atomic E-state index is -0.302. The van der Waals surface area contributed by atoms with Gasteiger partial charge < -0.3 is 19.5 Å². The fraction of sp³-hybridized carbons (Fsp3) is 0.545. The number of ether oxygens (including phenoxy) is 1. The Balaban J connectivity index is 1.27. The zero-order chi connectivity index (χ0) is 20.8. The van der Waals surface area contributed by atoms with Crippen LogP contribution in [0.25, 0.3) is 0 Å². The molecule has 1 saturated heterocycles. The van der Waals surface area contributed by atoms with Crippen molar-refractivity contribution in [1.82, 2.24) is 25.0 Å². The third-order valence-electron chi connectivity index (χ3n) is 5.83. The van der Waals surface area contributed by atoms with Crippen LogP contribution in [0.15, 0.2) is 30.3 Å². The SMILES string of the molecule is O=C(COc1ccccc1)NCC(=O)N1CCCC(c2nnc3n2CCCCC3)C1. The van der Waals surface area contributed by atoms with Crippen LogP contribution in [-0.4, -0.2) is 57.7 Å². The number of aryl methyl sites for hydroxylation is 1. The van der Waals surface area contributed by atoms with Crippen molar-refractivity contribution in [2.24, 2.45) is 0 Å². The lowest BCUT2D eigenvalue weighted by molar-refractivity contribution is -0.134. The molecule has 1 unspecified atom stereocenters. The Morgan fingerprint density at radius 1 is 1.07 bits per heavy atom. The molecule has 8 nitrogen and oxygen atoms in total. The zero-order valence-electron chi connectivity index (χ0n) is 17.3. The summed E-state index contributed by atoms with van der Waals surface area (Å²) in [6.07, 6.45) is 6.49. The number of carbonyl (C=O) groups is 2. The Morgan fingerprint density at radius 3 is 2.80 bits per heavy atom. The van der Waals surface area contributed by atoms with Crippen molar-refractivity contribution in [2.45, 2.75) is 51.0 Å². The lowest BCUT2D eigenvalue weighted by Gasteiger charge is -2.32.